The average molecular weight is 253 g/mol. The van der Waals surface area contributed by atoms with Crippen molar-refractivity contribution in [3.8, 4) is 0 Å². The molecule has 4 atom stereocenters. The van der Waals surface area contributed by atoms with Crippen LogP contribution >= 0.6 is 0 Å². The van der Waals surface area contributed by atoms with E-state index < -0.39 is 0 Å². The van der Waals surface area contributed by atoms with E-state index in [2.05, 4.69) is 42.9 Å². The van der Waals surface area contributed by atoms with Gasteiger partial charge >= 0.3 is 0 Å². The van der Waals surface area contributed by atoms with E-state index in [1.807, 2.05) is 0 Å². The number of amides is 1. The van der Waals surface area contributed by atoms with E-state index in [-0.39, 0.29) is 12.2 Å². The first-order valence-corrected chi connectivity index (χ1v) is 7.36. The largest absolute Gasteiger partial charge is 0.323 e. The van der Waals surface area contributed by atoms with Gasteiger partial charge in [-0.25, -0.2) is 0 Å². The number of nitrogens with zero attached hydrogens (tertiary/aromatic N) is 2. The van der Waals surface area contributed by atoms with Crippen LogP contribution in [0.1, 0.15) is 46.5 Å². The molecule has 2 fully saturated rings. The summed E-state index contributed by atoms with van der Waals surface area (Å²) in [6.45, 7) is 7.61. The molecule has 2 saturated heterocycles. The van der Waals surface area contributed by atoms with Gasteiger partial charge in [0.25, 0.3) is 0 Å². The number of likely N-dealkylation sites (tertiary alicyclic amines) is 1. The lowest BCUT2D eigenvalue weighted by molar-refractivity contribution is -0.133. The van der Waals surface area contributed by atoms with Gasteiger partial charge in [0.1, 0.15) is 0 Å². The maximum Gasteiger partial charge on any atom is 0.241 e. The van der Waals surface area contributed by atoms with Gasteiger partial charge in [0.15, 0.2) is 0 Å². The van der Waals surface area contributed by atoms with Gasteiger partial charge in [-0.2, -0.15) is 0 Å². The molecule has 0 aromatic carbocycles. The van der Waals surface area contributed by atoms with Crippen LogP contribution in [0.15, 0.2) is 0 Å². The molecule has 1 amide bonds. The van der Waals surface area contributed by atoms with E-state index in [0.29, 0.717) is 18.0 Å². The van der Waals surface area contributed by atoms with Crippen LogP contribution in [0.25, 0.3) is 0 Å². The lowest BCUT2D eigenvalue weighted by Crippen LogP contribution is -2.51. The van der Waals surface area contributed by atoms with Crippen molar-refractivity contribution in [2.24, 2.45) is 0 Å². The number of hydrogen-bond donors (Lipinski definition) is 1. The summed E-state index contributed by atoms with van der Waals surface area (Å²) in [6.07, 6.45) is 4.37. The number of carbonyl (C=O) groups excluding carboxylic acids is 1. The first-order chi connectivity index (χ1) is 8.58. The van der Waals surface area contributed by atoms with Crippen molar-refractivity contribution in [1.29, 1.82) is 0 Å². The van der Waals surface area contributed by atoms with Crippen LogP contribution in [-0.4, -0.2) is 53.6 Å². The Kier molecular flexibility index (Phi) is 4.28. The molecule has 0 radical (unpaired) electrons. The van der Waals surface area contributed by atoms with Crippen LogP contribution in [0.2, 0.25) is 0 Å². The minimum absolute atomic E-state index is 0.0462. The van der Waals surface area contributed by atoms with Gasteiger partial charge in [-0.3, -0.25) is 10.1 Å². The highest BCUT2D eigenvalue weighted by molar-refractivity contribution is 5.84. The second-order valence-corrected chi connectivity index (χ2v) is 5.80. The number of nitrogens with one attached hydrogen (secondary N) is 1. The van der Waals surface area contributed by atoms with Crippen LogP contribution in [0.4, 0.5) is 0 Å². The molecule has 0 spiro atoms. The zero-order valence-corrected chi connectivity index (χ0v) is 12.1. The van der Waals surface area contributed by atoms with Crippen LogP contribution < -0.4 is 5.32 Å². The zero-order valence-electron chi connectivity index (χ0n) is 12.1. The zero-order chi connectivity index (χ0) is 13.3. The molecule has 2 aliphatic rings. The van der Waals surface area contributed by atoms with Gasteiger partial charge in [0.05, 0.1) is 12.2 Å². The smallest absolute Gasteiger partial charge is 0.241 e. The van der Waals surface area contributed by atoms with Crippen molar-refractivity contribution in [2.45, 2.75) is 70.7 Å². The van der Waals surface area contributed by atoms with Crippen molar-refractivity contribution in [1.82, 2.24) is 15.1 Å². The topological polar surface area (TPSA) is 35.6 Å². The maximum atomic E-state index is 12.4. The quantitative estimate of drug-likeness (QED) is 0.826. The lowest BCUT2D eigenvalue weighted by atomic mass is 9.96. The third kappa shape index (κ3) is 2.41. The molecule has 0 aromatic rings. The third-order valence-electron chi connectivity index (χ3n) is 4.65. The predicted octanol–water partition coefficient (Wildman–Crippen LogP) is 1.42. The maximum absolute atomic E-state index is 12.4. The lowest BCUT2D eigenvalue weighted by Gasteiger charge is -2.41. The van der Waals surface area contributed by atoms with Crippen molar-refractivity contribution >= 4 is 5.91 Å². The molecule has 2 heterocycles. The Hall–Kier alpha value is -0.610. The van der Waals surface area contributed by atoms with Gasteiger partial charge < -0.3 is 9.80 Å². The van der Waals surface area contributed by atoms with E-state index in [1.54, 1.807) is 0 Å². The van der Waals surface area contributed by atoms with Gasteiger partial charge in [-0.05, 0) is 39.7 Å². The fourth-order valence-corrected chi connectivity index (χ4v) is 3.28. The summed E-state index contributed by atoms with van der Waals surface area (Å²) in [5.41, 5.74) is 0. The Morgan fingerprint density at radius 1 is 1.33 bits per heavy atom. The molecular formula is C14H27N3O. The summed E-state index contributed by atoms with van der Waals surface area (Å²) in [4.78, 5) is 17.0. The first kappa shape index (κ1) is 13.8. The summed E-state index contributed by atoms with van der Waals surface area (Å²) < 4.78 is 0. The number of hydrogen-bond acceptors (Lipinski definition) is 3. The minimum atomic E-state index is 0.0462. The molecule has 104 valence electrons. The highest BCUT2D eigenvalue weighted by atomic mass is 16.2. The summed E-state index contributed by atoms with van der Waals surface area (Å²) in [6, 6.07) is 1.05. The molecule has 2 aliphatic heterocycles. The van der Waals surface area contributed by atoms with E-state index in [1.165, 1.54) is 0 Å². The second-order valence-electron chi connectivity index (χ2n) is 5.80. The molecule has 0 aliphatic carbocycles. The van der Waals surface area contributed by atoms with Crippen LogP contribution in [0, 0.1) is 0 Å². The van der Waals surface area contributed by atoms with Gasteiger partial charge in [-0.15, -0.1) is 0 Å². The molecule has 4 unspecified atom stereocenters. The van der Waals surface area contributed by atoms with E-state index in [4.69, 9.17) is 0 Å². The molecule has 0 bridgehead atoms. The fourth-order valence-electron chi connectivity index (χ4n) is 3.28. The minimum Gasteiger partial charge on any atom is -0.323 e. The molecule has 2 rings (SSSR count). The molecule has 4 nitrogen and oxygen atoms in total. The van der Waals surface area contributed by atoms with Crippen molar-refractivity contribution in [3.63, 3.8) is 0 Å². The Morgan fingerprint density at radius 3 is 2.61 bits per heavy atom. The number of piperidine rings is 1. The van der Waals surface area contributed by atoms with Gasteiger partial charge in [0.2, 0.25) is 5.91 Å². The molecule has 1 N–H and O–H groups in total. The van der Waals surface area contributed by atoms with Crippen molar-refractivity contribution < 1.29 is 4.79 Å². The van der Waals surface area contributed by atoms with Crippen molar-refractivity contribution in [3.05, 3.63) is 0 Å². The Bertz CT molecular complexity index is 307. The first-order valence-electron chi connectivity index (χ1n) is 7.36. The Labute approximate surface area is 111 Å². The Balaban J connectivity index is 2.08. The fraction of sp³-hybridized carbons (Fsp3) is 0.929. The molecule has 0 aromatic heterocycles. The van der Waals surface area contributed by atoms with Crippen molar-refractivity contribution in [2.75, 3.05) is 13.6 Å². The molecule has 0 saturated carbocycles. The SMILES string of the molecule is CCC1NC(CC)N(C2CCN(C)C(C)C2)C1=O. The highest BCUT2D eigenvalue weighted by Crippen LogP contribution is 2.27. The monoisotopic (exact) mass is 253 g/mol. The standard InChI is InChI=1S/C14H27N3O/c1-5-12-14(18)17(13(6-2)15-12)11-7-8-16(4)10(3)9-11/h10-13,15H,5-9H2,1-4H3. The van der Waals surface area contributed by atoms with Crippen LogP contribution in [0.5, 0.6) is 0 Å². The van der Waals surface area contributed by atoms with Gasteiger partial charge in [0, 0.05) is 18.6 Å². The van der Waals surface area contributed by atoms with Crippen LogP contribution in [0.3, 0.4) is 0 Å². The molecule has 4 heteroatoms. The molecule has 18 heavy (non-hydrogen) atoms. The van der Waals surface area contributed by atoms with Gasteiger partial charge in [-0.1, -0.05) is 13.8 Å². The second kappa shape index (κ2) is 5.57. The number of rotatable bonds is 3. The molecular weight excluding hydrogens is 226 g/mol. The number of carbonyl (C=O) groups is 1. The third-order valence-corrected chi connectivity index (χ3v) is 4.65. The normalized spacial score (nSPS) is 38.4. The van der Waals surface area contributed by atoms with E-state index >= 15 is 0 Å². The van der Waals surface area contributed by atoms with Crippen LogP contribution in [-0.2, 0) is 4.79 Å². The summed E-state index contributed by atoms with van der Waals surface area (Å²) in [7, 11) is 2.18. The predicted molar refractivity (Wildman–Crippen MR) is 73.3 cm³/mol. The average Bonchev–Trinajstić information content (AvgIpc) is 2.69. The summed E-state index contributed by atoms with van der Waals surface area (Å²) in [5.74, 6) is 0.325. The van der Waals surface area contributed by atoms with E-state index in [0.717, 1.165) is 32.2 Å². The Morgan fingerprint density at radius 2 is 2.06 bits per heavy atom. The summed E-state index contributed by atoms with van der Waals surface area (Å²) >= 11 is 0. The summed E-state index contributed by atoms with van der Waals surface area (Å²) in [5, 5.41) is 3.48. The highest BCUT2D eigenvalue weighted by Gasteiger charge is 2.42. The van der Waals surface area contributed by atoms with E-state index in [9.17, 15) is 4.79 Å².